The van der Waals surface area contributed by atoms with Crippen LogP contribution in [0.15, 0.2) is 60.7 Å². The molecule has 1 aliphatic heterocycles. The first kappa shape index (κ1) is 34.8. The van der Waals surface area contributed by atoms with Gasteiger partial charge in [-0.15, -0.1) is 0 Å². The van der Waals surface area contributed by atoms with Gasteiger partial charge in [-0.3, -0.25) is 0 Å². The van der Waals surface area contributed by atoms with Gasteiger partial charge in [-0.1, -0.05) is 135 Å². The fourth-order valence-electron chi connectivity index (χ4n) is 6.90. The maximum atomic E-state index is 2.50. The van der Waals surface area contributed by atoms with Crippen LogP contribution in [0.2, 0.25) is 0 Å². The third-order valence-corrected chi connectivity index (χ3v) is 16.4. The van der Waals surface area contributed by atoms with Gasteiger partial charge in [0.05, 0.1) is 0 Å². The maximum Gasteiger partial charge on any atom is 2.00 e. The molecule has 2 saturated carbocycles. The SMILES string of the molecule is C1CCCC1.CC(C)[C@H]1CC[C@H](C(C)C)P1C1CCCC1P(c1ccccc1)c1ccccc1.[CH3-].[CH3-].[Fe+2]. The molecule has 3 aliphatic rings. The predicted octanol–water partition coefficient (Wildman–Crippen LogP) is 10.2. The van der Waals surface area contributed by atoms with E-state index in [1.54, 1.807) is 10.6 Å². The second-order valence-corrected chi connectivity index (χ2v) is 16.8. The number of rotatable bonds is 6. The van der Waals surface area contributed by atoms with E-state index in [2.05, 4.69) is 88.4 Å². The standard InChI is InChI=1S/C27H38P2.C5H10.2CH3.Fe/c1-20(2)24-18-19-25(21(3)4)29(24)27-17-11-16-26(27)28(22-12-7-5-8-13-22)23-14-9-6-10-15-23;1-2-4-5-3-1;;;/h5-10,12-15,20-21,24-27H,11,16-19H2,1-4H3;1-5H2;2*1H3;/q;;2*-1;+2/t24-,25-,26?,27?;;;;/m1..../s1. The Balaban J connectivity index is 0.000000769. The summed E-state index contributed by atoms with van der Waals surface area (Å²) in [4.78, 5) is 0. The van der Waals surface area contributed by atoms with Crippen LogP contribution >= 0.6 is 15.8 Å². The van der Waals surface area contributed by atoms with Gasteiger partial charge in [0.25, 0.3) is 0 Å². The van der Waals surface area contributed by atoms with Crippen LogP contribution in [0.25, 0.3) is 0 Å². The minimum Gasteiger partial charge on any atom is -0.358 e. The van der Waals surface area contributed by atoms with Crippen molar-refractivity contribution in [1.82, 2.24) is 0 Å². The van der Waals surface area contributed by atoms with Crippen LogP contribution in [0.4, 0.5) is 0 Å². The Labute approximate surface area is 244 Å². The Morgan fingerprint density at radius 3 is 1.38 bits per heavy atom. The van der Waals surface area contributed by atoms with E-state index in [1.807, 2.05) is 0 Å². The fourth-order valence-corrected chi connectivity index (χ4v) is 15.5. The molecular formula is C34H54FeP2. The summed E-state index contributed by atoms with van der Waals surface area (Å²) in [5.41, 5.74) is 3.83. The number of benzene rings is 2. The fraction of sp³-hybridized carbons (Fsp3) is 0.588. The van der Waals surface area contributed by atoms with Crippen LogP contribution in [0.5, 0.6) is 0 Å². The van der Waals surface area contributed by atoms with E-state index >= 15 is 0 Å². The molecule has 5 rings (SSSR count). The minimum atomic E-state index is -0.268. The molecule has 1 heterocycles. The van der Waals surface area contributed by atoms with Crippen molar-refractivity contribution in [3.8, 4) is 0 Å². The van der Waals surface area contributed by atoms with Crippen LogP contribution in [0.1, 0.15) is 91.9 Å². The molecule has 3 heteroatoms. The van der Waals surface area contributed by atoms with E-state index in [4.69, 9.17) is 0 Å². The Bertz CT molecular complexity index is 770. The largest absolute Gasteiger partial charge is 2.00 e. The van der Waals surface area contributed by atoms with Crippen molar-refractivity contribution in [3.63, 3.8) is 0 Å². The van der Waals surface area contributed by atoms with E-state index in [-0.39, 0.29) is 47.8 Å². The van der Waals surface area contributed by atoms with Gasteiger partial charge in [-0.2, -0.15) is 0 Å². The molecule has 3 fully saturated rings. The quantitative estimate of drug-likeness (QED) is 0.181. The zero-order valence-corrected chi connectivity index (χ0v) is 27.4. The molecule has 0 bridgehead atoms. The summed E-state index contributed by atoms with van der Waals surface area (Å²) in [6.07, 6.45) is 14.9. The van der Waals surface area contributed by atoms with Crippen molar-refractivity contribution in [3.05, 3.63) is 75.5 Å². The zero-order chi connectivity index (χ0) is 23.9. The molecule has 208 valence electrons. The van der Waals surface area contributed by atoms with Gasteiger partial charge in [-0.05, 0) is 78.7 Å². The summed E-state index contributed by atoms with van der Waals surface area (Å²) >= 11 is 0. The van der Waals surface area contributed by atoms with Crippen molar-refractivity contribution in [2.75, 3.05) is 0 Å². The van der Waals surface area contributed by atoms with Crippen molar-refractivity contribution < 1.29 is 17.1 Å². The molecule has 0 amide bonds. The summed E-state index contributed by atoms with van der Waals surface area (Å²) in [7, 11) is -0.156. The molecule has 0 N–H and O–H groups in total. The van der Waals surface area contributed by atoms with E-state index in [0.717, 1.165) is 34.5 Å². The van der Waals surface area contributed by atoms with Gasteiger partial charge in [0.15, 0.2) is 0 Å². The second kappa shape index (κ2) is 17.5. The maximum absolute atomic E-state index is 2.50. The Kier molecular flexibility index (Phi) is 16.5. The molecule has 4 atom stereocenters. The number of hydrogen-bond donors (Lipinski definition) is 0. The molecule has 0 aromatic heterocycles. The molecular weight excluding hydrogens is 526 g/mol. The third-order valence-electron chi connectivity index (χ3n) is 8.54. The molecule has 2 aromatic rings. The molecule has 0 nitrogen and oxygen atoms in total. The molecule has 0 spiro atoms. The summed E-state index contributed by atoms with van der Waals surface area (Å²) < 4.78 is 0. The third kappa shape index (κ3) is 8.91. The molecule has 2 unspecified atom stereocenters. The van der Waals surface area contributed by atoms with Crippen LogP contribution in [0, 0.1) is 26.7 Å². The Hall–Kier alpha value is -0.181. The van der Waals surface area contributed by atoms with E-state index in [0.29, 0.717) is 0 Å². The van der Waals surface area contributed by atoms with Crippen LogP contribution in [0.3, 0.4) is 0 Å². The predicted molar refractivity (Wildman–Crippen MR) is 170 cm³/mol. The molecule has 1 saturated heterocycles. The Morgan fingerprint density at radius 2 is 1.00 bits per heavy atom. The van der Waals surface area contributed by atoms with Gasteiger partial charge in [-0.25, -0.2) is 0 Å². The first-order valence-corrected chi connectivity index (χ1v) is 17.2. The first-order chi connectivity index (χ1) is 16.6. The second-order valence-electron chi connectivity index (χ2n) is 11.5. The molecule has 0 radical (unpaired) electrons. The van der Waals surface area contributed by atoms with Crippen molar-refractivity contribution in [2.24, 2.45) is 11.8 Å². The van der Waals surface area contributed by atoms with Crippen molar-refractivity contribution in [2.45, 2.75) is 115 Å². The van der Waals surface area contributed by atoms with Crippen LogP contribution in [-0.2, 0) is 17.1 Å². The number of hydrogen-bond acceptors (Lipinski definition) is 0. The summed E-state index contributed by atoms with van der Waals surface area (Å²) in [5.74, 6) is 1.71. The minimum absolute atomic E-state index is 0. The van der Waals surface area contributed by atoms with Crippen LogP contribution in [-0.4, -0.2) is 22.6 Å². The summed E-state index contributed by atoms with van der Waals surface area (Å²) in [5, 5.41) is 3.20. The van der Waals surface area contributed by atoms with Gasteiger partial charge in [0.1, 0.15) is 0 Å². The zero-order valence-electron chi connectivity index (χ0n) is 24.6. The Morgan fingerprint density at radius 1 is 0.595 bits per heavy atom. The van der Waals surface area contributed by atoms with Gasteiger partial charge < -0.3 is 14.9 Å². The monoisotopic (exact) mass is 580 g/mol. The van der Waals surface area contributed by atoms with Crippen molar-refractivity contribution >= 4 is 26.5 Å². The topological polar surface area (TPSA) is 0 Å². The van der Waals surface area contributed by atoms with E-state index in [1.165, 1.54) is 64.2 Å². The van der Waals surface area contributed by atoms with Gasteiger partial charge in [0, 0.05) is 0 Å². The molecule has 2 aliphatic carbocycles. The van der Waals surface area contributed by atoms with Gasteiger partial charge >= 0.3 is 17.1 Å². The van der Waals surface area contributed by atoms with Crippen LogP contribution < -0.4 is 10.6 Å². The average Bonchev–Trinajstić information content (AvgIpc) is 3.63. The normalized spacial score (nSPS) is 25.3. The van der Waals surface area contributed by atoms with E-state index in [9.17, 15) is 0 Å². The van der Waals surface area contributed by atoms with E-state index < -0.39 is 0 Å². The average molecular weight is 581 g/mol. The smallest absolute Gasteiger partial charge is 0.358 e. The summed E-state index contributed by atoms with van der Waals surface area (Å²) in [6.45, 7) is 10.0. The first-order valence-electron chi connectivity index (χ1n) is 14.2. The summed E-state index contributed by atoms with van der Waals surface area (Å²) in [6, 6.07) is 23.0. The molecule has 37 heavy (non-hydrogen) atoms. The molecule has 2 aromatic carbocycles. The van der Waals surface area contributed by atoms with Crippen molar-refractivity contribution in [1.29, 1.82) is 0 Å². The van der Waals surface area contributed by atoms with Gasteiger partial charge in [0.2, 0.25) is 0 Å².